The van der Waals surface area contributed by atoms with Crippen LogP contribution in [0.25, 0.3) is 0 Å². The quantitative estimate of drug-likeness (QED) is 0.735. The molecule has 0 radical (unpaired) electrons. The number of nitrogens with zero attached hydrogens (tertiary/aromatic N) is 2. The highest BCUT2D eigenvalue weighted by Gasteiger charge is 2.41. The highest BCUT2D eigenvalue weighted by molar-refractivity contribution is 5.78. The minimum absolute atomic E-state index is 0.0172. The van der Waals surface area contributed by atoms with Crippen LogP contribution in [0.4, 0.5) is 0 Å². The normalized spacial score (nSPS) is 23.9. The first-order valence-electron chi connectivity index (χ1n) is 11.1. The molecule has 1 spiro atoms. The second-order valence-electron chi connectivity index (χ2n) is 8.57. The van der Waals surface area contributed by atoms with Crippen LogP contribution in [0, 0.1) is 5.92 Å². The van der Waals surface area contributed by atoms with Crippen LogP contribution in [0.3, 0.4) is 0 Å². The molecule has 3 fully saturated rings. The van der Waals surface area contributed by atoms with E-state index in [0.29, 0.717) is 64.1 Å². The summed E-state index contributed by atoms with van der Waals surface area (Å²) < 4.78 is 17.2. The number of rotatable bonds is 5. The first kappa shape index (κ1) is 21.1. The zero-order valence-corrected chi connectivity index (χ0v) is 17.6. The zero-order chi connectivity index (χ0) is 20.8. The summed E-state index contributed by atoms with van der Waals surface area (Å²) in [6.07, 6.45) is 4.09. The topological polar surface area (TPSA) is 68.3 Å². The van der Waals surface area contributed by atoms with Crippen molar-refractivity contribution in [1.29, 1.82) is 0 Å². The van der Waals surface area contributed by atoms with Crippen molar-refractivity contribution in [3.63, 3.8) is 0 Å². The molecule has 0 bridgehead atoms. The van der Waals surface area contributed by atoms with E-state index in [1.807, 2.05) is 40.1 Å². The van der Waals surface area contributed by atoms with Crippen molar-refractivity contribution in [1.82, 2.24) is 9.80 Å². The third-order valence-electron chi connectivity index (χ3n) is 6.56. The van der Waals surface area contributed by atoms with Crippen LogP contribution in [-0.2, 0) is 19.1 Å². The predicted octanol–water partition coefficient (Wildman–Crippen LogP) is 2.10. The third-order valence-corrected chi connectivity index (χ3v) is 6.56. The molecule has 4 rings (SSSR count). The Bertz CT molecular complexity index is 712. The molecule has 7 heteroatoms. The minimum atomic E-state index is -0.189. The van der Waals surface area contributed by atoms with Crippen molar-refractivity contribution in [2.45, 2.75) is 37.7 Å². The highest BCUT2D eigenvalue weighted by atomic mass is 16.5. The lowest BCUT2D eigenvalue weighted by molar-refractivity contribution is -0.151. The number of para-hydroxylation sites is 1. The fourth-order valence-electron chi connectivity index (χ4n) is 4.76. The van der Waals surface area contributed by atoms with Gasteiger partial charge in [0, 0.05) is 39.2 Å². The molecule has 3 saturated heterocycles. The Labute approximate surface area is 178 Å². The van der Waals surface area contributed by atoms with Crippen molar-refractivity contribution < 1.29 is 23.8 Å². The summed E-state index contributed by atoms with van der Waals surface area (Å²) in [6.45, 7) is 4.82. The molecule has 1 atom stereocenters. The van der Waals surface area contributed by atoms with Crippen molar-refractivity contribution in [3.05, 3.63) is 30.3 Å². The van der Waals surface area contributed by atoms with Crippen LogP contribution < -0.4 is 4.74 Å². The number of benzene rings is 1. The summed E-state index contributed by atoms with van der Waals surface area (Å²) in [7, 11) is 0. The van der Waals surface area contributed by atoms with Crippen molar-refractivity contribution in [2.75, 3.05) is 52.6 Å². The number of hydrogen-bond acceptors (Lipinski definition) is 5. The van der Waals surface area contributed by atoms with Crippen LogP contribution in [0.1, 0.15) is 32.1 Å². The number of morpholine rings is 1. The number of carbonyl (C=O) groups excluding carboxylic acids is 2. The van der Waals surface area contributed by atoms with Gasteiger partial charge in [0.05, 0.1) is 18.8 Å². The van der Waals surface area contributed by atoms with Gasteiger partial charge in [0.25, 0.3) is 5.91 Å². The predicted molar refractivity (Wildman–Crippen MR) is 111 cm³/mol. The highest BCUT2D eigenvalue weighted by Crippen LogP contribution is 2.39. The summed E-state index contributed by atoms with van der Waals surface area (Å²) in [5.74, 6) is 1.33. The molecule has 30 heavy (non-hydrogen) atoms. The number of likely N-dealkylation sites (tertiary alicyclic amines) is 1. The van der Waals surface area contributed by atoms with E-state index in [1.54, 1.807) is 0 Å². The van der Waals surface area contributed by atoms with E-state index < -0.39 is 0 Å². The van der Waals surface area contributed by atoms with Crippen LogP contribution in [0.2, 0.25) is 0 Å². The van der Waals surface area contributed by atoms with E-state index >= 15 is 0 Å². The SMILES string of the molecule is O=C(COc1ccccc1)N1CCC2(CC1)CC(CC(=O)N1CCOCC1)CCO2. The van der Waals surface area contributed by atoms with E-state index in [9.17, 15) is 9.59 Å². The van der Waals surface area contributed by atoms with Crippen LogP contribution in [0.15, 0.2) is 30.3 Å². The summed E-state index contributed by atoms with van der Waals surface area (Å²) in [5.41, 5.74) is -0.189. The van der Waals surface area contributed by atoms with Crippen molar-refractivity contribution >= 4 is 11.8 Å². The van der Waals surface area contributed by atoms with Gasteiger partial charge in [-0.25, -0.2) is 0 Å². The van der Waals surface area contributed by atoms with Crippen LogP contribution in [-0.4, -0.2) is 79.8 Å². The molecule has 0 N–H and O–H groups in total. The average molecular weight is 417 g/mol. The second kappa shape index (κ2) is 9.79. The van der Waals surface area contributed by atoms with Gasteiger partial charge >= 0.3 is 0 Å². The molecule has 0 aromatic heterocycles. The van der Waals surface area contributed by atoms with Crippen molar-refractivity contribution in [2.24, 2.45) is 5.92 Å². The average Bonchev–Trinajstić information content (AvgIpc) is 2.79. The molecular weight excluding hydrogens is 384 g/mol. The molecule has 2 amide bonds. The lowest BCUT2D eigenvalue weighted by atomic mass is 9.78. The molecule has 0 saturated carbocycles. The summed E-state index contributed by atoms with van der Waals surface area (Å²) in [5, 5.41) is 0. The summed E-state index contributed by atoms with van der Waals surface area (Å²) in [4.78, 5) is 29.0. The lowest BCUT2D eigenvalue weighted by Crippen LogP contribution is -2.52. The van der Waals surface area contributed by atoms with Crippen LogP contribution >= 0.6 is 0 Å². The van der Waals surface area contributed by atoms with Gasteiger partial charge < -0.3 is 24.0 Å². The van der Waals surface area contributed by atoms with Gasteiger partial charge in [-0.1, -0.05) is 18.2 Å². The Balaban J connectivity index is 1.23. The largest absolute Gasteiger partial charge is 0.484 e. The fourth-order valence-corrected chi connectivity index (χ4v) is 4.76. The number of piperidine rings is 1. The minimum Gasteiger partial charge on any atom is -0.484 e. The Morgan fingerprint density at radius 2 is 1.67 bits per heavy atom. The number of amides is 2. The summed E-state index contributed by atoms with van der Waals surface area (Å²) >= 11 is 0. The summed E-state index contributed by atoms with van der Waals surface area (Å²) in [6, 6.07) is 9.42. The molecule has 3 aliphatic rings. The van der Waals surface area contributed by atoms with Gasteiger partial charge in [0.1, 0.15) is 5.75 Å². The standard InChI is InChI=1S/C23H32N2O5/c26-21(25-11-14-28-15-12-25)16-19-6-13-30-23(17-19)7-9-24(10-8-23)22(27)18-29-20-4-2-1-3-5-20/h1-5,19H,6-18H2. The Morgan fingerprint density at radius 1 is 0.967 bits per heavy atom. The first-order valence-corrected chi connectivity index (χ1v) is 11.1. The third kappa shape index (κ3) is 5.32. The number of carbonyl (C=O) groups is 2. The molecule has 1 aromatic rings. The van der Waals surface area contributed by atoms with Gasteiger partial charge in [0.15, 0.2) is 6.61 Å². The van der Waals surface area contributed by atoms with Gasteiger partial charge in [-0.2, -0.15) is 0 Å². The molecule has 7 nitrogen and oxygen atoms in total. The first-order chi connectivity index (χ1) is 14.6. The smallest absolute Gasteiger partial charge is 0.260 e. The van der Waals surface area contributed by atoms with E-state index in [0.717, 1.165) is 25.7 Å². The number of hydrogen-bond donors (Lipinski definition) is 0. The Kier molecular flexibility index (Phi) is 6.89. The maximum absolute atomic E-state index is 12.6. The maximum atomic E-state index is 12.6. The van der Waals surface area contributed by atoms with Gasteiger partial charge in [-0.3, -0.25) is 9.59 Å². The molecular formula is C23H32N2O5. The van der Waals surface area contributed by atoms with E-state index in [-0.39, 0.29) is 24.0 Å². The van der Waals surface area contributed by atoms with Gasteiger partial charge in [-0.05, 0) is 43.7 Å². The second-order valence-corrected chi connectivity index (χ2v) is 8.57. The van der Waals surface area contributed by atoms with E-state index in [2.05, 4.69) is 0 Å². The van der Waals surface area contributed by atoms with E-state index in [4.69, 9.17) is 14.2 Å². The fraction of sp³-hybridized carbons (Fsp3) is 0.652. The Morgan fingerprint density at radius 3 is 2.40 bits per heavy atom. The van der Waals surface area contributed by atoms with Gasteiger partial charge in [0.2, 0.25) is 5.91 Å². The van der Waals surface area contributed by atoms with Crippen LogP contribution in [0.5, 0.6) is 5.75 Å². The molecule has 1 unspecified atom stereocenters. The van der Waals surface area contributed by atoms with E-state index in [1.165, 1.54) is 0 Å². The molecule has 1 aromatic carbocycles. The van der Waals surface area contributed by atoms with Crippen molar-refractivity contribution in [3.8, 4) is 5.75 Å². The lowest BCUT2D eigenvalue weighted by Gasteiger charge is -2.46. The molecule has 3 heterocycles. The molecule has 164 valence electrons. The maximum Gasteiger partial charge on any atom is 0.260 e. The zero-order valence-electron chi connectivity index (χ0n) is 17.6. The molecule has 0 aliphatic carbocycles. The van der Waals surface area contributed by atoms with Gasteiger partial charge in [-0.15, -0.1) is 0 Å². The molecule has 3 aliphatic heterocycles. The monoisotopic (exact) mass is 416 g/mol. The Hall–Kier alpha value is -2.12. The number of ether oxygens (including phenoxy) is 3.